The molecule has 4 rings (SSSR count). The molecule has 0 spiro atoms. The van der Waals surface area contributed by atoms with Crippen LogP contribution in [0.25, 0.3) is 10.9 Å². The van der Waals surface area contributed by atoms with Crippen LogP contribution in [0.4, 0.5) is 4.79 Å². The van der Waals surface area contributed by atoms with E-state index in [-0.39, 0.29) is 18.8 Å². The third kappa shape index (κ3) is 5.26. The number of carbonyl (C=O) groups excluding carboxylic acids is 3. The number of nitrogens with one attached hydrogen (secondary N) is 2. The van der Waals surface area contributed by atoms with Crippen molar-refractivity contribution in [1.82, 2.24) is 20.4 Å². The molecule has 2 N–H and O–H groups in total. The average Bonchev–Trinajstić information content (AvgIpc) is 3.24. The van der Waals surface area contributed by atoms with E-state index in [1.807, 2.05) is 29.8 Å². The maximum Gasteiger partial charge on any atom is 0.328 e. The number of urea groups is 1. The summed E-state index contributed by atoms with van der Waals surface area (Å²) in [6.07, 6.45) is 1.69. The Balaban J connectivity index is 1.46. The van der Waals surface area contributed by atoms with Gasteiger partial charge in [-0.05, 0) is 49.4 Å². The Hall–Kier alpha value is -3.96. The smallest absolute Gasteiger partial charge is 0.328 e. The Labute approximate surface area is 201 Å². The molecule has 2 aromatic carbocycles. The van der Waals surface area contributed by atoms with Gasteiger partial charge < -0.3 is 18.9 Å². The van der Waals surface area contributed by atoms with E-state index in [1.54, 1.807) is 30.5 Å². The van der Waals surface area contributed by atoms with Gasteiger partial charge in [-0.1, -0.05) is 0 Å². The van der Waals surface area contributed by atoms with Gasteiger partial charge in [0.05, 0.1) is 31.5 Å². The van der Waals surface area contributed by atoms with E-state index in [4.69, 9.17) is 18.9 Å². The lowest BCUT2D eigenvalue weighted by Crippen LogP contribution is -2.69. The van der Waals surface area contributed by atoms with Crippen LogP contribution < -0.4 is 20.1 Å². The monoisotopic (exact) mass is 482 g/mol. The Morgan fingerprint density at radius 2 is 1.63 bits per heavy atom. The molecule has 0 bridgehead atoms. The Morgan fingerprint density at radius 1 is 0.943 bits per heavy atom. The Kier molecular flexibility index (Phi) is 7.28. The number of rotatable bonds is 11. The molecule has 1 aromatic heterocycles. The summed E-state index contributed by atoms with van der Waals surface area (Å²) in [6.45, 7) is 3.94. The first-order chi connectivity index (χ1) is 16.9. The summed E-state index contributed by atoms with van der Waals surface area (Å²) in [5.41, 5.74) is -0.954. The number of amides is 4. The summed E-state index contributed by atoms with van der Waals surface area (Å²) >= 11 is 0. The van der Waals surface area contributed by atoms with Gasteiger partial charge in [-0.25, -0.2) is 4.79 Å². The molecule has 0 saturated carbocycles. The summed E-state index contributed by atoms with van der Waals surface area (Å²) in [6, 6.07) is 11.2. The second-order valence-electron chi connectivity index (χ2n) is 7.77. The molecule has 2 heterocycles. The van der Waals surface area contributed by atoms with Gasteiger partial charge in [-0.2, -0.15) is 5.10 Å². The molecule has 1 fully saturated rings. The molecule has 1 aliphatic rings. The molecule has 0 radical (unpaired) electrons. The van der Waals surface area contributed by atoms with E-state index in [0.717, 1.165) is 10.9 Å². The number of aromatic nitrogens is 2. The predicted molar refractivity (Wildman–Crippen MR) is 124 cm³/mol. The minimum absolute atomic E-state index is 0.0704. The van der Waals surface area contributed by atoms with Crippen molar-refractivity contribution in [3.05, 3.63) is 48.7 Å². The van der Waals surface area contributed by atoms with Gasteiger partial charge in [0.25, 0.3) is 17.4 Å². The predicted octanol–water partition coefficient (Wildman–Crippen LogP) is 2.39. The summed E-state index contributed by atoms with van der Waals surface area (Å²) in [4.78, 5) is 36.5. The maximum absolute atomic E-state index is 12.5. The van der Waals surface area contributed by atoms with Gasteiger partial charge in [-0.15, -0.1) is 0 Å². The van der Waals surface area contributed by atoms with Crippen LogP contribution in [0.1, 0.15) is 13.3 Å². The molecule has 0 unspecified atom stereocenters. The SMILES string of the molecule is CCOCCn1ncc2cc(Oc3ccc(OC4(CCOC)C(=O)NC(=O)NC4=O)cc3)ccc21. The maximum atomic E-state index is 12.5. The highest BCUT2D eigenvalue weighted by molar-refractivity contribution is 6.21. The molecule has 11 nitrogen and oxygen atoms in total. The number of fused-ring (bicyclic) bond motifs is 1. The number of hydrogen-bond acceptors (Lipinski definition) is 8. The number of carbonyl (C=O) groups is 3. The topological polar surface area (TPSA) is 130 Å². The van der Waals surface area contributed by atoms with Crippen molar-refractivity contribution in [1.29, 1.82) is 0 Å². The minimum Gasteiger partial charge on any atom is -0.467 e. The quantitative estimate of drug-likeness (QED) is 0.315. The fourth-order valence-corrected chi connectivity index (χ4v) is 3.67. The van der Waals surface area contributed by atoms with Crippen molar-refractivity contribution in [2.75, 3.05) is 26.9 Å². The largest absolute Gasteiger partial charge is 0.467 e. The number of methoxy groups -OCH3 is 1. The standard InChI is InChI=1S/C24H26N4O7/c1-3-33-13-11-28-20-9-8-19(14-16(20)15-25-28)34-17-4-6-18(7-5-17)35-24(10-12-32-2)21(29)26-23(31)27-22(24)30/h4-9,14-15H,3,10-13H2,1-2H3,(H2,26,27,29,30,31). The fraction of sp³-hybridized carbons (Fsp3) is 0.333. The molecule has 3 aromatic rings. The third-order valence-electron chi connectivity index (χ3n) is 5.46. The molecule has 11 heteroatoms. The first-order valence-electron chi connectivity index (χ1n) is 11.1. The molecule has 4 amide bonds. The molecule has 184 valence electrons. The van der Waals surface area contributed by atoms with E-state index in [0.29, 0.717) is 31.3 Å². The van der Waals surface area contributed by atoms with Gasteiger partial charge in [-0.3, -0.25) is 24.9 Å². The zero-order valence-corrected chi connectivity index (χ0v) is 19.4. The lowest BCUT2D eigenvalue weighted by Gasteiger charge is -2.34. The summed E-state index contributed by atoms with van der Waals surface area (Å²) in [5.74, 6) is -0.299. The van der Waals surface area contributed by atoms with Crippen molar-refractivity contribution in [2.24, 2.45) is 0 Å². The summed E-state index contributed by atoms with van der Waals surface area (Å²) in [5, 5.41) is 9.48. The molecular weight excluding hydrogens is 456 g/mol. The highest BCUT2D eigenvalue weighted by Gasteiger charge is 2.52. The van der Waals surface area contributed by atoms with Crippen molar-refractivity contribution in [3.8, 4) is 17.2 Å². The van der Waals surface area contributed by atoms with Crippen molar-refractivity contribution < 1.29 is 33.3 Å². The van der Waals surface area contributed by atoms with Crippen LogP contribution in [0, 0.1) is 0 Å². The number of barbiturate groups is 1. The third-order valence-corrected chi connectivity index (χ3v) is 5.46. The van der Waals surface area contributed by atoms with Crippen LogP contribution in [-0.4, -0.2) is 60.2 Å². The van der Waals surface area contributed by atoms with Crippen molar-refractivity contribution in [2.45, 2.75) is 25.5 Å². The van der Waals surface area contributed by atoms with Crippen LogP contribution in [0.15, 0.2) is 48.7 Å². The van der Waals surface area contributed by atoms with Crippen LogP contribution in [0.5, 0.6) is 17.2 Å². The lowest BCUT2D eigenvalue weighted by atomic mass is 9.95. The first kappa shape index (κ1) is 24.2. The van der Waals surface area contributed by atoms with Gasteiger partial charge in [0.2, 0.25) is 0 Å². The molecule has 0 aliphatic carbocycles. The molecule has 35 heavy (non-hydrogen) atoms. The van der Waals surface area contributed by atoms with Crippen LogP contribution in [0.3, 0.4) is 0 Å². The number of hydrogen-bond donors (Lipinski definition) is 2. The number of imide groups is 2. The number of benzene rings is 2. The zero-order valence-electron chi connectivity index (χ0n) is 19.4. The van der Waals surface area contributed by atoms with Gasteiger partial charge in [0, 0.05) is 25.5 Å². The van der Waals surface area contributed by atoms with Gasteiger partial charge in [0.1, 0.15) is 17.2 Å². The zero-order chi connectivity index (χ0) is 24.8. The highest BCUT2D eigenvalue weighted by atomic mass is 16.5. The van der Waals surface area contributed by atoms with E-state index < -0.39 is 23.4 Å². The molecule has 1 saturated heterocycles. The fourth-order valence-electron chi connectivity index (χ4n) is 3.67. The molecule has 0 atom stereocenters. The Bertz CT molecular complexity index is 1200. The average molecular weight is 482 g/mol. The van der Waals surface area contributed by atoms with Crippen LogP contribution in [-0.2, 0) is 25.6 Å². The van der Waals surface area contributed by atoms with E-state index >= 15 is 0 Å². The van der Waals surface area contributed by atoms with Gasteiger partial charge in [0.15, 0.2) is 0 Å². The second-order valence-corrected chi connectivity index (χ2v) is 7.77. The lowest BCUT2D eigenvalue weighted by molar-refractivity contribution is -0.153. The molecular formula is C24H26N4O7. The van der Waals surface area contributed by atoms with Crippen molar-refractivity contribution in [3.63, 3.8) is 0 Å². The van der Waals surface area contributed by atoms with Crippen LogP contribution in [0.2, 0.25) is 0 Å². The van der Waals surface area contributed by atoms with E-state index in [2.05, 4.69) is 15.7 Å². The number of ether oxygens (including phenoxy) is 4. The molecule has 1 aliphatic heterocycles. The minimum atomic E-state index is -1.93. The summed E-state index contributed by atoms with van der Waals surface area (Å²) in [7, 11) is 1.44. The number of nitrogens with zero attached hydrogens (tertiary/aromatic N) is 2. The van der Waals surface area contributed by atoms with Crippen molar-refractivity contribution >= 4 is 28.7 Å². The highest BCUT2D eigenvalue weighted by Crippen LogP contribution is 2.29. The Morgan fingerprint density at radius 3 is 2.31 bits per heavy atom. The van der Waals surface area contributed by atoms with E-state index in [9.17, 15) is 14.4 Å². The van der Waals surface area contributed by atoms with E-state index in [1.165, 1.54) is 7.11 Å². The van der Waals surface area contributed by atoms with Gasteiger partial charge >= 0.3 is 6.03 Å². The van der Waals surface area contributed by atoms with Crippen LogP contribution >= 0.6 is 0 Å². The second kappa shape index (κ2) is 10.5. The first-order valence-corrected chi connectivity index (χ1v) is 11.1. The normalized spacial score (nSPS) is 15.1. The summed E-state index contributed by atoms with van der Waals surface area (Å²) < 4.78 is 24.0.